The summed E-state index contributed by atoms with van der Waals surface area (Å²) in [5.74, 6) is 1.10. The zero-order valence-electron chi connectivity index (χ0n) is 11.7. The molecular weight excluding hydrogens is 300 g/mol. The lowest BCUT2D eigenvalue weighted by Gasteiger charge is -2.21. The van der Waals surface area contributed by atoms with Gasteiger partial charge in [0.1, 0.15) is 5.82 Å². The second kappa shape index (κ2) is 6.90. The standard InChI is InChI=1S/C16H21BrN2/c1-3-4-7-10-19(2)16-14(12-17)11-13-8-5-6-9-15(13)18-16/h5-6,8-9,11H,3-4,7,10,12H2,1-2H3. The van der Waals surface area contributed by atoms with E-state index >= 15 is 0 Å². The number of anilines is 1. The van der Waals surface area contributed by atoms with Crippen molar-refractivity contribution in [3.63, 3.8) is 0 Å². The van der Waals surface area contributed by atoms with Crippen LogP contribution in [0, 0.1) is 0 Å². The second-order valence-corrected chi connectivity index (χ2v) is 5.49. The van der Waals surface area contributed by atoms with E-state index in [0.29, 0.717) is 0 Å². The fourth-order valence-electron chi connectivity index (χ4n) is 2.28. The summed E-state index contributed by atoms with van der Waals surface area (Å²) in [5, 5.41) is 2.06. The van der Waals surface area contributed by atoms with Gasteiger partial charge >= 0.3 is 0 Å². The maximum Gasteiger partial charge on any atom is 0.133 e. The maximum absolute atomic E-state index is 4.82. The molecule has 0 radical (unpaired) electrons. The van der Waals surface area contributed by atoms with Gasteiger partial charge in [0, 0.05) is 29.9 Å². The largest absolute Gasteiger partial charge is 0.359 e. The third-order valence-electron chi connectivity index (χ3n) is 3.38. The lowest BCUT2D eigenvalue weighted by Crippen LogP contribution is -2.21. The number of rotatable bonds is 6. The summed E-state index contributed by atoms with van der Waals surface area (Å²) in [6, 6.07) is 10.5. The molecule has 0 atom stereocenters. The summed E-state index contributed by atoms with van der Waals surface area (Å²) in [7, 11) is 2.14. The first-order valence-electron chi connectivity index (χ1n) is 6.92. The fourth-order valence-corrected chi connectivity index (χ4v) is 2.70. The lowest BCUT2D eigenvalue weighted by atomic mass is 10.1. The van der Waals surface area contributed by atoms with Crippen LogP contribution < -0.4 is 4.90 Å². The van der Waals surface area contributed by atoms with Crippen molar-refractivity contribution in [3.05, 3.63) is 35.9 Å². The summed E-state index contributed by atoms with van der Waals surface area (Å²) in [6.45, 7) is 3.30. The molecule has 0 amide bonds. The van der Waals surface area contributed by atoms with Crippen molar-refractivity contribution >= 4 is 32.7 Å². The Morgan fingerprint density at radius 1 is 1.21 bits per heavy atom. The molecule has 1 aromatic heterocycles. The summed E-state index contributed by atoms with van der Waals surface area (Å²) >= 11 is 3.58. The SMILES string of the molecule is CCCCCN(C)c1nc2ccccc2cc1CBr. The molecule has 0 aliphatic rings. The average Bonchev–Trinajstić information content (AvgIpc) is 2.46. The van der Waals surface area contributed by atoms with Crippen molar-refractivity contribution in [3.8, 4) is 0 Å². The monoisotopic (exact) mass is 320 g/mol. The number of hydrogen-bond acceptors (Lipinski definition) is 2. The quantitative estimate of drug-likeness (QED) is 0.563. The van der Waals surface area contributed by atoms with E-state index in [1.165, 1.54) is 30.2 Å². The van der Waals surface area contributed by atoms with Crippen molar-refractivity contribution in [2.45, 2.75) is 31.5 Å². The summed E-state index contributed by atoms with van der Waals surface area (Å²) in [5.41, 5.74) is 2.34. The van der Waals surface area contributed by atoms with E-state index in [2.05, 4.69) is 59.1 Å². The molecule has 2 aromatic rings. The molecular formula is C16H21BrN2. The van der Waals surface area contributed by atoms with Gasteiger partial charge in [0.15, 0.2) is 0 Å². The smallest absolute Gasteiger partial charge is 0.133 e. The van der Waals surface area contributed by atoms with Crippen molar-refractivity contribution < 1.29 is 0 Å². The van der Waals surface area contributed by atoms with Gasteiger partial charge in [-0.1, -0.05) is 53.9 Å². The summed E-state index contributed by atoms with van der Waals surface area (Å²) in [4.78, 5) is 7.10. The van der Waals surface area contributed by atoms with E-state index in [1.807, 2.05) is 6.07 Å². The van der Waals surface area contributed by atoms with E-state index in [1.54, 1.807) is 0 Å². The van der Waals surface area contributed by atoms with Gasteiger partial charge in [-0.05, 0) is 18.6 Å². The highest BCUT2D eigenvalue weighted by Crippen LogP contribution is 2.25. The first-order chi connectivity index (χ1) is 9.26. The van der Waals surface area contributed by atoms with Crippen LogP contribution in [0.5, 0.6) is 0 Å². The highest BCUT2D eigenvalue weighted by atomic mass is 79.9. The average molecular weight is 321 g/mol. The Balaban J connectivity index is 2.29. The van der Waals surface area contributed by atoms with E-state index in [-0.39, 0.29) is 0 Å². The molecule has 0 N–H and O–H groups in total. The Morgan fingerprint density at radius 2 is 2.00 bits per heavy atom. The van der Waals surface area contributed by atoms with E-state index in [0.717, 1.165) is 23.2 Å². The topological polar surface area (TPSA) is 16.1 Å². The fraction of sp³-hybridized carbons (Fsp3) is 0.438. The molecule has 2 nitrogen and oxygen atoms in total. The number of hydrogen-bond donors (Lipinski definition) is 0. The number of pyridine rings is 1. The number of halogens is 1. The van der Waals surface area contributed by atoms with Crippen molar-refractivity contribution in [2.75, 3.05) is 18.5 Å². The van der Waals surface area contributed by atoms with Crippen LogP contribution in [0.3, 0.4) is 0 Å². The Bertz CT molecular complexity index is 539. The molecule has 0 aliphatic carbocycles. The molecule has 0 fully saturated rings. The highest BCUT2D eigenvalue weighted by molar-refractivity contribution is 9.08. The van der Waals surface area contributed by atoms with Crippen molar-refractivity contribution in [1.29, 1.82) is 0 Å². The Kier molecular flexibility index (Phi) is 5.20. The normalized spacial score (nSPS) is 10.9. The third kappa shape index (κ3) is 3.47. The Morgan fingerprint density at radius 3 is 2.74 bits per heavy atom. The molecule has 2 rings (SSSR count). The Labute approximate surface area is 124 Å². The minimum Gasteiger partial charge on any atom is -0.359 e. The van der Waals surface area contributed by atoms with Crippen LogP contribution >= 0.6 is 15.9 Å². The number of aromatic nitrogens is 1. The van der Waals surface area contributed by atoms with Gasteiger partial charge < -0.3 is 4.90 Å². The number of benzene rings is 1. The van der Waals surface area contributed by atoms with Gasteiger partial charge in [0.05, 0.1) is 5.52 Å². The van der Waals surface area contributed by atoms with E-state index < -0.39 is 0 Å². The molecule has 0 spiro atoms. The predicted octanol–water partition coefficient (Wildman–Crippen LogP) is 4.76. The molecule has 0 aliphatic heterocycles. The van der Waals surface area contributed by atoms with Crippen molar-refractivity contribution in [1.82, 2.24) is 4.98 Å². The molecule has 0 saturated heterocycles. The van der Waals surface area contributed by atoms with Crippen LogP contribution in [-0.4, -0.2) is 18.6 Å². The lowest BCUT2D eigenvalue weighted by molar-refractivity contribution is 0.701. The molecule has 19 heavy (non-hydrogen) atoms. The van der Waals surface area contributed by atoms with Gasteiger partial charge in [-0.25, -0.2) is 4.98 Å². The van der Waals surface area contributed by atoms with Crippen molar-refractivity contribution in [2.24, 2.45) is 0 Å². The molecule has 0 saturated carbocycles. The molecule has 0 unspecified atom stereocenters. The van der Waals surface area contributed by atoms with Gasteiger partial charge in [0.25, 0.3) is 0 Å². The molecule has 1 aromatic carbocycles. The zero-order valence-corrected chi connectivity index (χ0v) is 13.3. The minimum atomic E-state index is 0.846. The van der Waals surface area contributed by atoms with Gasteiger partial charge in [0.2, 0.25) is 0 Å². The summed E-state index contributed by atoms with van der Waals surface area (Å²) < 4.78 is 0. The Hall–Kier alpha value is -1.09. The molecule has 0 bridgehead atoms. The number of alkyl halides is 1. The van der Waals surface area contributed by atoms with E-state index in [4.69, 9.17) is 4.98 Å². The maximum atomic E-state index is 4.82. The van der Waals surface area contributed by atoms with Crippen LogP contribution in [0.15, 0.2) is 30.3 Å². The predicted molar refractivity (Wildman–Crippen MR) is 87.2 cm³/mol. The van der Waals surface area contributed by atoms with Gasteiger partial charge in [-0.2, -0.15) is 0 Å². The second-order valence-electron chi connectivity index (χ2n) is 4.93. The number of unbranched alkanes of at least 4 members (excludes halogenated alkanes) is 2. The van der Waals surface area contributed by atoms with Gasteiger partial charge in [-0.15, -0.1) is 0 Å². The summed E-state index contributed by atoms with van der Waals surface area (Å²) in [6.07, 6.45) is 3.76. The van der Waals surface area contributed by atoms with Crippen LogP contribution in [0.25, 0.3) is 10.9 Å². The van der Waals surface area contributed by atoms with Crippen LogP contribution in [0.1, 0.15) is 31.7 Å². The number of nitrogens with zero attached hydrogens (tertiary/aromatic N) is 2. The minimum absolute atomic E-state index is 0.846. The first kappa shape index (κ1) is 14.3. The first-order valence-corrected chi connectivity index (χ1v) is 8.04. The zero-order chi connectivity index (χ0) is 13.7. The molecule has 3 heteroatoms. The number of para-hydroxylation sites is 1. The highest BCUT2D eigenvalue weighted by Gasteiger charge is 2.10. The van der Waals surface area contributed by atoms with Crippen LogP contribution in [0.4, 0.5) is 5.82 Å². The molecule has 102 valence electrons. The molecule has 1 heterocycles. The number of fused-ring (bicyclic) bond motifs is 1. The van der Waals surface area contributed by atoms with Crippen LogP contribution in [0.2, 0.25) is 0 Å². The third-order valence-corrected chi connectivity index (χ3v) is 3.99. The van der Waals surface area contributed by atoms with Gasteiger partial charge in [-0.3, -0.25) is 0 Å². The van der Waals surface area contributed by atoms with E-state index in [9.17, 15) is 0 Å². The van der Waals surface area contributed by atoms with Crippen LogP contribution in [-0.2, 0) is 5.33 Å².